The van der Waals surface area contributed by atoms with Gasteiger partial charge in [-0.1, -0.05) is 23.4 Å². The van der Waals surface area contributed by atoms with Gasteiger partial charge in [-0.2, -0.15) is 0 Å². The van der Waals surface area contributed by atoms with Crippen LogP contribution >= 0.6 is 15.9 Å². The van der Waals surface area contributed by atoms with Crippen molar-refractivity contribution in [2.24, 2.45) is 10.9 Å². The zero-order valence-electron chi connectivity index (χ0n) is 11.4. The molecule has 110 valence electrons. The molecule has 0 fully saturated rings. The summed E-state index contributed by atoms with van der Waals surface area (Å²) in [6.45, 7) is 2.55. The van der Waals surface area contributed by atoms with Crippen molar-refractivity contribution in [1.82, 2.24) is 0 Å². The summed E-state index contributed by atoms with van der Waals surface area (Å²) < 4.78 is 14.8. The Morgan fingerprint density at radius 1 is 1.29 bits per heavy atom. The van der Waals surface area contributed by atoms with Crippen molar-refractivity contribution in [2.45, 2.75) is 6.92 Å². The predicted octanol–water partition coefficient (Wildman–Crippen LogP) is 3.84. The first-order chi connectivity index (χ1) is 10.1. The highest BCUT2D eigenvalue weighted by Crippen LogP contribution is 2.33. The number of halogens is 2. The molecule has 0 heterocycles. The molecule has 0 atom stereocenters. The molecule has 0 unspecified atom stereocenters. The van der Waals surface area contributed by atoms with Crippen LogP contribution in [0.25, 0.3) is 0 Å². The third-order valence-electron chi connectivity index (χ3n) is 3.12. The molecule has 0 aliphatic carbocycles. The Hall–Kier alpha value is -2.08. The molecule has 21 heavy (non-hydrogen) atoms. The van der Waals surface area contributed by atoms with Gasteiger partial charge in [-0.25, -0.2) is 4.39 Å². The van der Waals surface area contributed by atoms with E-state index in [9.17, 15) is 4.39 Å². The average molecular weight is 352 g/mol. The van der Waals surface area contributed by atoms with Crippen molar-refractivity contribution in [3.8, 4) is 0 Å². The minimum absolute atomic E-state index is 0.143. The Labute approximate surface area is 130 Å². The van der Waals surface area contributed by atoms with E-state index in [0.717, 1.165) is 5.69 Å². The summed E-state index contributed by atoms with van der Waals surface area (Å²) in [5.41, 5.74) is 7.14. The van der Waals surface area contributed by atoms with Crippen molar-refractivity contribution in [1.29, 1.82) is 0 Å². The fraction of sp³-hybridized carbons (Fsp3) is 0.133. The number of para-hydroxylation sites is 1. The van der Waals surface area contributed by atoms with E-state index in [1.807, 2.05) is 42.2 Å². The number of nitrogens with two attached hydrogens (primary N) is 1. The van der Waals surface area contributed by atoms with E-state index in [4.69, 9.17) is 10.9 Å². The molecule has 2 rings (SSSR count). The topological polar surface area (TPSA) is 61.8 Å². The number of nitrogens with zero attached hydrogens (tertiary/aromatic N) is 2. The molecule has 0 radical (unpaired) electrons. The molecule has 0 bridgehead atoms. The van der Waals surface area contributed by atoms with Gasteiger partial charge in [0, 0.05) is 17.8 Å². The second-order valence-corrected chi connectivity index (χ2v) is 5.12. The summed E-state index contributed by atoms with van der Waals surface area (Å²) >= 11 is 3.17. The van der Waals surface area contributed by atoms with Gasteiger partial charge in [-0.3, -0.25) is 0 Å². The second kappa shape index (κ2) is 6.58. The second-order valence-electron chi connectivity index (χ2n) is 4.33. The quantitative estimate of drug-likeness (QED) is 0.380. The lowest BCUT2D eigenvalue weighted by Gasteiger charge is -2.24. The van der Waals surface area contributed by atoms with E-state index in [1.54, 1.807) is 12.1 Å². The number of hydrogen-bond donors (Lipinski definition) is 2. The number of amidine groups is 1. The van der Waals surface area contributed by atoms with Gasteiger partial charge in [0.25, 0.3) is 0 Å². The van der Waals surface area contributed by atoms with E-state index in [0.29, 0.717) is 17.8 Å². The number of rotatable bonds is 4. The van der Waals surface area contributed by atoms with E-state index in [1.165, 1.54) is 0 Å². The molecular formula is C15H15BrFN3O. The Bertz CT molecular complexity index is 661. The van der Waals surface area contributed by atoms with Crippen molar-refractivity contribution < 1.29 is 9.60 Å². The van der Waals surface area contributed by atoms with E-state index in [2.05, 4.69) is 21.1 Å². The van der Waals surface area contributed by atoms with Crippen molar-refractivity contribution >= 4 is 33.1 Å². The van der Waals surface area contributed by atoms with E-state index in [-0.39, 0.29) is 10.3 Å². The predicted molar refractivity (Wildman–Crippen MR) is 85.7 cm³/mol. The smallest absolute Gasteiger partial charge is 0.171 e. The van der Waals surface area contributed by atoms with Gasteiger partial charge < -0.3 is 15.8 Å². The average Bonchev–Trinajstić information content (AvgIpc) is 2.52. The molecule has 0 aliphatic rings. The summed E-state index contributed by atoms with van der Waals surface area (Å²) in [6.07, 6.45) is 0. The van der Waals surface area contributed by atoms with Crippen LogP contribution in [0.2, 0.25) is 0 Å². The Morgan fingerprint density at radius 2 is 1.95 bits per heavy atom. The fourth-order valence-electron chi connectivity index (χ4n) is 2.10. The first kappa shape index (κ1) is 15.3. The zero-order valence-corrected chi connectivity index (χ0v) is 13.0. The summed E-state index contributed by atoms with van der Waals surface area (Å²) in [5.74, 6) is -0.597. The Morgan fingerprint density at radius 3 is 2.52 bits per heavy atom. The van der Waals surface area contributed by atoms with Crippen LogP contribution in [-0.2, 0) is 0 Å². The number of benzene rings is 2. The zero-order chi connectivity index (χ0) is 15.4. The number of oxime groups is 1. The Balaban J connectivity index is 2.52. The Kier molecular flexibility index (Phi) is 4.80. The molecule has 0 saturated heterocycles. The largest absolute Gasteiger partial charge is 0.409 e. The van der Waals surface area contributed by atoms with Gasteiger partial charge in [0.2, 0.25) is 0 Å². The highest BCUT2D eigenvalue weighted by Gasteiger charge is 2.18. The summed E-state index contributed by atoms with van der Waals surface area (Å²) in [7, 11) is 0. The molecule has 2 aromatic carbocycles. The van der Waals surface area contributed by atoms with Crippen LogP contribution < -0.4 is 10.6 Å². The normalized spacial score (nSPS) is 11.5. The van der Waals surface area contributed by atoms with Crippen LogP contribution in [0.5, 0.6) is 0 Å². The molecule has 0 saturated carbocycles. The fourth-order valence-corrected chi connectivity index (χ4v) is 2.64. The van der Waals surface area contributed by atoms with Crippen molar-refractivity contribution in [2.75, 3.05) is 11.4 Å². The highest BCUT2D eigenvalue weighted by atomic mass is 79.9. The number of hydrogen-bond acceptors (Lipinski definition) is 3. The van der Waals surface area contributed by atoms with Crippen LogP contribution in [0, 0.1) is 5.82 Å². The lowest BCUT2D eigenvalue weighted by Crippen LogP contribution is -2.19. The highest BCUT2D eigenvalue weighted by molar-refractivity contribution is 9.10. The summed E-state index contributed by atoms with van der Waals surface area (Å²) in [5, 5.41) is 11.6. The van der Waals surface area contributed by atoms with Gasteiger partial charge in [-0.15, -0.1) is 0 Å². The maximum absolute atomic E-state index is 14.6. The van der Waals surface area contributed by atoms with Crippen LogP contribution in [0.4, 0.5) is 15.8 Å². The molecule has 4 nitrogen and oxygen atoms in total. The lowest BCUT2D eigenvalue weighted by atomic mass is 10.1. The maximum Gasteiger partial charge on any atom is 0.171 e. The van der Waals surface area contributed by atoms with Gasteiger partial charge >= 0.3 is 0 Å². The molecule has 0 amide bonds. The number of anilines is 2. The van der Waals surface area contributed by atoms with Crippen LogP contribution in [0.3, 0.4) is 0 Å². The minimum Gasteiger partial charge on any atom is -0.409 e. The monoisotopic (exact) mass is 351 g/mol. The third kappa shape index (κ3) is 3.00. The molecule has 2 aromatic rings. The van der Waals surface area contributed by atoms with Gasteiger partial charge in [0.1, 0.15) is 0 Å². The maximum atomic E-state index is 14.6. The van der Waals surface area contributed by atoms with Crippen molar-refractivity contribution in [3.05, 3.63) is 58.3 Å². The van der Waals surface area contributed by atoms with Crippen LogP contribution in [-0.4, -0.2) is 17.6 Å². The standard InChI is InChI=1S/C15H15BrFN3O/c1-2-20(10-6-4-3-5-7-10)12-9-8-11(15(18)19-21)13(16)14(12)17/h3-9,21H,2H2,1H3,(H2,18,19). The lowest BCUT2D eigenvalue weighted by molar-refractivity contribution is 0.318. The molecular weight excluding hydrogens is 337 g/mol. The molecule has 6 heteroatoms. The van der Waals surface area contributed by atoms with Crippen LogP contribution in [0.1, 0.15) is 12.5 Å². The van der Waals surface area contributed by atoms with Crippen LogP contribution in [0.15, 0.2) is 52.1 Å². The summed E-state index contributed by atoms with van der Waals surface area (Å²) in [4.78, 5) is 1.84. The summed E-state index contributed by atoms with van der Waals surface area (Å²) in [6, 6.07) is 12.8. The molecule has 0 spiro atoms. The van der Waals surface area contributed by atoms with Gasteiger partial charge in [-0.05, 0) is 47.1 Å². The molecule has 0 aromatic heterocycles. The van der Waals surface area contributed by atoms with Crippen molar-refractivity contribution in [3.63, 3.8) is 0 Å². The molecule has 0 aliphatic heterocycles. The minimum atomic E-state index is -0.454. The molecule has 3 N–H and O–H groups in total. The van der Waals surface area contributed by atoms with E-state index < -0.39 is 5.82 Å². The van der Waals surface area contributed by atoms with E-state index >= 15 is 0 Å². The third-order valence-corrected chi connectivity index (χ3v) is 3.90. The first-order valence-electron chi connectivity index (χ1n) is 6.38. The first-order valence-corrected chi connectivity index (χ1v) is 7.18. The van der Waals surface area contributed by atoms with Gasteiger partial charge in [0.15, 0.2) is 11.7 Å². The SMILES string of the molecule is CCN(c1ccccc1)c1ccc(/C(N)=N/O)c(Br)c1F. The van der Waals surface area contributed by atoms with Gasteiger partial charge in [0.05, 0.1) is 10.2 Å².